The Bertz CT molecular complexity index is 282. The van der Waals surface area contributed by atoms with Gasteiger partial charge >= 0.3 is 0 Å². The second kappa shape index (κ2) is 6.75. The Morgan fingerprint density at radius 1 is 1.53 bits per heavy atom. The van der Waals surface area contributed by atoms with Gasteiger partial charge in [0.2, 0.25) is 0 Å². The zero-order chi connectivity index (χ0) is 11.1. The summed E-state index contributed by atoms with van der Waals surface area (Å²) in [6.45, 7) is 2.88. The molecule has 0 fully saturated rings. The molecule has 2 N–H and O–H groups in total. The number of ketones is 1. The topological polar surface area (TPSA) is 43.1 Å². The molecule has 3 heteroatoms. The average molecular weight is 225 g/mol. The summed E-state index contributed by atoms with van der Waals surface area (Å²) in [7, 11) is 0. The molecule has 0 saturated heterocycles. The summed E-state index contributed by atoms with van der Waals surface area (Å²) >= 11 is 1.65. The third-order valence-electron chi connectivity index (χ3n) is 2.56. The van der Waals surface area contributed by atoms with E-state index < -0.39 is 0 Å². The molecule has 1 heterocycles. The van der Waals surface area contributed by atoms with Crippen molar-refractivity contribution in [3.63, 3.8) is 0 Å². The van der Waals surface area contributed by atoms with Crippen molar-refractivity contribution in [2.75, 3.05) is 6.54 Å². The molecule has 0 bridgehead atoms. The van der Waals surface area contributed by atoms with Gasteiger partial charge in [-0.1, -0.05) is 6.92 Å². The number of carbonyl (C=O) groups excluding carboxylic acids is 1. The van der Waals surface area contributed by atoms with Gasteiger partial charge in [0.05, 0.1) is 0 Å². The van der Waals surface area contributed by atoms with Crippen LogP contribution in [0.25, 0.3) is 0 Å². The maximum absolute atomic E-state index is 11.6. The number of rotatable bonds is 7. The molecule has 1 rings (SSSR count). The van der Waals surface area contributed by atoms with Crippen LogP contribution in [0.3, 0.4) is 0 Å². The fraction of sp³-hybridized carbons (Fsp3) is 0.583. The van der Waals surface area contributed by atoms with Crippen molar-refractivity contribution in [1.82, 2.24) is 0 Å². The molecule has 1 unspecified atom stereocenters. The average Bonchev–Trinajstić information content (AvgIpc) is 2.68. The molecular weight excluding hydrogens is 206 g/mol. The fourth-order valence-corrected chi connectivity index (χ4v) is 2.21. The van der Waals surface area contributed by atoms with Gasteiger partial charge in [0, 0.05) is 12.8 Å². The molecule has 84 valence electrons. The Hall–Kier alpha value is -0.670. The van der Waals surface area contributed by atoms with Crippen LogP contribution in [0.5, 0.6) is 0 Å². The zero-order valence-electron chi connectivity index (χ0n) is 9.24. The van der Waals surface area contributed by atoms with Gasteiger partial charge in [-0.3, -0.25) is 4.79 Å². The minimum Gasteiger partial charge on any atom is -0.330 e. The summed E-state index contributed by atoms with van der Waals surface area (Å²) < 4.78 is 0. The second-order valence-electron chi connectivity index (χ2n) is 4.07. The lowest BCUT2D eigenvalue weighted by molar-refractivity contribution is -0.118. The molecule has 0 aliphatic heterocycles. The highest BCUT2D eigenvalue weighted by atomic mass is 32.1. The van der Waals surface area contributed by atoms with Gasteiger partial charge in [0.15, 0.2) is 0 Å². The Kier molecular flexibility index (Phi) is 5.58. The van der Waals surface area contributed by atoms with Gasteiger partial charge in [0.1, 0.15) is 5.78 Å². The van der Waals surface area contributed by atoms with E-state index in [4.69, 9.17) is 5.73 Å². The van der Waals surface area contributed by atoms with E-state index in [0.29, 0.717) is 24.5 Å². The van der Waals surface area contributed by atoms with Crippen LogP contribution in [0.4, 0.5) is 0 Å². The van der Waals surface area contributed by atoms with Crippen LogP contribution in [-0.2, 0) is 11.2 Å². The van der Waals surface area contributed by atoms with E-state index in [9.17, 15) is 4.79 Å². The lowest BCUT2D eigenvalue weighted by atomic mass is 9.98. The summed E-state index contributed by atoms with van der Waals surface area (Å²) in [5.74, 6) is 0.915. The first kappa shape index (κ1) is 12.4. The van der Waals surface area contributed by atoms with Crippen molar-refractivity contribution in [1.29, 1.82) is 0 Å². The molecule has 0 aliphatic rings. The van der Waals surface area contributed by atoms with Crippen molar-refractivity contribution < 1.29 is 4.79 Å². The molecule has 0 spiro atoms. The van der Waals surface area contributed by atoms with E-state index in [0.717, 1.165) is 24.9 Å². The summed E-state index contributed by atoms with van der Waals surface area (Å²) in [6, 6.07) is 2.02. The number of hydrogen-bond donors (Lipinski definition) is 1. The third-order valence-corrected chi connectivity index (χ3v) is 3.29. The summed E-state index contributed by atoms with van der Waals surface area (Å²) in [6.07, 6.45) is 3.28. The van der Waals surface area contributed by atoms with Gasteiger partial charge in [-0.05, 0) is 47.7 Å². The van der Waals surface area contributed by atoms with E-state index >= 15 is 0 Å². The van der Waals surface area contributed by atoms with E-state index in [1.165, 1.54) is 0 Å². The van der Waals surface area contributed by atoms with Crippen LogP contribution in [-0.4, -0.2) is 12.3 Å². The Morgan fingerprint density at radius 2 is 2.33 bits per heavy atom. The number of carbonyl (C=O) groups is 1. The van der Waals surface area contributed by atoms with E-state index in [1.54, 1.807) is 11.3 Å². The van der Waals surface area contributed by atoms with Gasteiger partial charge in [-0.2, -0.15) is 11.3 Å². The van der Waals surface area contributed by atoms with Crippen LogP contribution in [0.1, 0.15) is 31.7 Å². The lowest BCUT2D eigenvalue weighted by Crippen LogP contribution is -2.09. The Balaban J connectivity index is 2.19. The number of Topliss-reactive ketones (excluding diaryl/α,β-unsaturated/α-hetero) is 1. The highest BCUT2D eigenvalue weighted by Gasteiger charge is 2.07. The molecule has 2 nitrogen and oxygen atoms in total. The zero-order valence-corrected chi connectivity index (χ0v) is 10.1. The van der Waals surface area contributed by atoms with Crippen LogP contribution >= 0.6 is 11.3 Å². The Morgan fingerprint density at radius 3 is 2.93 bits per heavy atom. The van der Waals surface area contributed by atoms with Crippen LogP contribution in [0.15, 0.2) is 16.8 Å². The SMILES string of the molecule is CC(CCN)CCC(=O)Cc1ccsc1. The third kappa shape index (κ3) is 5.09. The maximum Gasteiger partial charge on any atom is 0.137 e. The predicted molar refractivity (Wildman–Crippen MR) is 65.1 cm³/mol. The molecule has 0 radical (unpaired) electrons. The standard InChI is InChI=1S/C12H19NOS/c1-10(4-6-13)2-3-12(14)8-11-5-7-15-9-11/h5,7,9-10H,2-4,6,8,13H2,1H3. The fourth-order valence-electron chi connectivity index (χ4n) is 1.55. The molecular formula is C12H19NOS. The van der Waals surface area contributed by atoms with Gasteiger partial charge in [0.25, 0.3) is 0 Å². The molecule has 1 atom stereocenters. The Labute approximate surface area is 95.5 Å². The molecule has 0 aromatic carbocycles. The highest BCUT2D eigenvalue weighted by Crippen LogP contribution is 2.12. The first-order valence-corrected chi connectivity index (χ1v) is 6.39. The summed E-state index contributed by atoms with van der Waals surface area (Å²) in [5.41, 5.74) is 6.61. The second-order valence-corrected chi connectivity index (χ2v) is 4.85. The van der Waals surface area contributed by atoms with Crippen LogP contribution in [0, 0.1) is 5.92 Å². The van der Waals surface area contributed by atoms with Crippen molar-refractivity contribution in [2.45, 2.75) is 32.6 Å². The van der Waals surface area contributed by atoms with Crippen molar-refractivity contribution in [2.24, 2.45) is 11.7 Å². The quantitative estimate of drug-likeness (QED) is 0.775. The molecule has 0 aliphatic carbocycles. The molecule has 0 saturated carbocycles. The summed E-state index contributed by atoms with van der Waals surface area (Å²) in [5, 5.41) is 4.06. The van der Waals surface area contributed by atoms with Gasteiger partial charge in [-0.15, -0.1) is 0 Å². The smallest absolute Gasteiger partial charge is 0.137 e. The number of hydrogen-bond acceptors (Lipinski definition) is 3. The van der Waals surface area contributed by atoms with E-state index in [1.807, 2.05) is 16.8 Å². The van der Waals surface area contributed by atoms with Crippen molar-refractivity contribution in [3.05, 3.63) is 22.4 Å². The van der Waals surface area contributed by atoms with Gasteiger partial charge in [-0.25, -0.2) is 0 Å². The molecule has 15 heavy (non-hydrogen) atoms. The van der Waals surface area contributed by atoms with E-state index in [2.05, 4.69) is 6.92 Å². The minimum atomic E-state index is 0.345. The first-order chi connectivity index (χ1) is 7.22. The summed E-state index contributed by atoms with van der Waals surface area (Å²) in [4.78, 5) is 11.6. The van der Waals surface area contributed by atoms with Crippen LogP contribution < -0.4 is 5.73 Å². The molecule has 1 aromatic rings. The number of thiophene rings is 1. The first-order valence-electron chi connectivity index (χ1n) is 5.45. The van der Waals surface area contributed by atoms with E-state index in [-0.39, 0.29) is 0 Å². The van der Waals surface area contributed by atoms with Crippen LogP contribution in [0.2, 0.25) is 0 Å². The predicted octanol–water partition coefficient (Wildman–Crippen LogP) is 2.62. The van der Waals surface area contributed by atoms with Gasteiger partial charge < -0.3 is 5.73 Å². The lowest BCUT2D eigenvalue weighted by Gasteiger charge is -2.08. The monoisotopic (exact) mass is 225 g/mol. The molecule has 0 amide bonds. The molecule has 1 aromatic heterocycles. The van der Waals surface area contributed by atoms with Crippen molar-refractivity contribution in [3.8, 4) is 0 Å². The minimum absolute atomic E-state index is 0.345. The number of nitrogens with two attached hydrogens (primary N) is 1. The maximum atomic E-state index is 11.6. The largest absolute Gasteiger partial charge is 0.330 e. The van der Waals surface area contributed by atoms with Crippen molar-refractivity contribution >= 4 is 17.1 Å². The normalized spacial score (nSPS) is 12.7. The highest BCUT2D eigenvalue weighted by molar-refractivity contribution is 7.07.